The third-order valence-electron chi connectivity index (χ3n) is 4.74. The molecule has 3 aromatic rings. The Kier molecular flexibility index (Phi) is 8.52. The molecule has 0 bridgehead atoms. The van der Waals surface area contributed by atoms with E-state index in [9.17, 15) is 4.79 Å². The first-order valence-corrected chi connectivity index (χ1v) is 12.7. The van der Waals surface area contributed by atoms with Gasteiger partial charge in [-0.2, -0.15) is 0 Å². The van der Waals surface area contributed by atoms with Gasteiger partial charge in [0.1, 0.15) is 6.61 Å². The molecule has 0 saturated carbocycles. The molecule has 0 spiro atoms. The summed E-state index contributed by atoms with van der Waals surface area (Å²) in [5.41, 5.74) is 2.00. The molecular formula is C25H18Cl4N2O3S. The number of hydrogen-bond acceptors (Lipinski definition) is 5. The van der Waals surface area contributed by atoms with Crippen LogP contribution in [0, 0.1) is 0 Å². The average Bonchev–Trinajstić information content (AvgIpc) is 3.15. The van der Waals surface area contributed by atoms with Crippen molar-refractivity contribution in [2.24, 2.45) is 4.99 Å². The highest BCUT2D eigenvalue weighted by atomic mass is 35.5. The molecule has 0 radical (unpaired) electrons. The summed E-state index contributed by atoms with van der Waals surface area (Å²) in [4.78, 5) is 17.4. The molecule has 0 unspecified atom stereocenters. The van der Waals surface area contributed by atoms with Crippen molar-refractivity contribution in [2.75, 3.05) is 6.61 Å². The van der Waals surface area contributed by atoms with Gasteiger partial charge in [0, 0.05) is 15.6 Å². The van der Waals surface area contributed by atoms with Crippen molar-refractivity contribution in [1.82, 2.24) is 5.32 Å². The van der Waals surface area contributed by atoms with Gasteiger partial charge in [0.15, 0.2) is 16.7 Å². The van der Waals surface area contributed by atoms with Crippen molar-refractivity contribution in [3.8, 4) is 11.5 Å². The molecule has 1 saturated heterocycles. The highest BCUT2D eigenvalue weighted by molar-refractivity contribution is 8.18. The van der Waals surface area contributed by atoms with E-state index in [1.165, 1.54) is 11.8 Å². The number of carbonyl (C=O) groups excluding carboxylic acids is 1. The zero-order valence-electron chi connectivity index (χ0n) is 18.3. The van der Waals surface area contributed by atoms with Gasteiger partial charge in [0.2, 0.25) is 0 Å². The van der Waals surface area contributed by atoms with Gasteiger partial charge in [0.05, 0.1) is 27.2 Å². The summed E-state index contributed by atoms with van der Waals surface area (Å²) in [6, 6.07) is 15.8. The van der Waals surface area contributed by atoms with Crippen molar-refractivity contribution in [3.63, 3.8) is 0 Å². The number of nitrogens with zero attached hydrogens (tertiary/aromatic N) is 1. The summed E-state index contributed by atoms with van der Waals surface area (Å²) >= 11 is 26.1. The normalized spacial score (nSPS) is 15.5. The van der Waals surface area contributed by atoms with E-state index in [2.05, 4.69) is 10.3 Å². The highest BCUT2D eigenvalue weighted by Gasteiger charge is 2.24. The van der Waals surface area contributed by atoms with Crippen LogP contribution >= 0.6 is 58.2 Å². The number of aliphatic imine (C=N–C) groups is 1. The first kappa shape index (κ1) is 25.7. The smallest absolute Gasteiger partial charge is 0.264 e. The fourth-order valence-electron chi connectivity index (χ4n) is 3.15. The standard InChI is InChI=1S/C25H18Cl4N2O3S/c1-2-33-21-10-14(9-19(29)23(21)34-13-15-5-3-4-6-17(15)27)11-22-24(32)31-25(35-22)30-20-8-7-16(26)12-18(20)28/h3-12H,2,13H2,1H3,(H,30,31,32)/b22-11-. The molecule has 10 heteroatoms. The number of amides is 1. The number of carbonyl (C=O) groups is 1. The molecule has 1 N–H and O–H groups in total. The van der Waals surface area contributed by atoms with Gasteiger partial charge in [-0.25, -0.2) is 4.99 Å². The zero-order chi connectivity index (χ0) is 24.9. The van der Waals surface area contributed by atoms with Gasteiger partial charge >= 0.3 is 0 Å². The Hall–Kier alpha value is -2.35. The minimum Gasteiger partial charge on any atom is -0.490 e. The van der Waals surface area contributed by atoms with Crippen LogP contribution in [-0.4, -0.2) is 17.7 Å². The largest absolute Gasteiger partial charge is 0.490 e. The number of hydrogen-bond donors (Lipinski definition) is 1. The van der Waals surface area contributed by atoms with Crippen LogP contribution < -0.4 is 14.8 Å². The lowest BCUT2D eigenvalue weighted by Crippen LogP contribution is -2.19. The number of rotatable bonds is 7. The number of thioether (sulfide) groups is 1. The second kappa shape index (κ2) is 11.6. The number of nitrogens with one attached hydrogen (secondary N) is 1. The molecule has 0 atom stereocenters. The van der Waals surface area contributed by atoms with Crippen LogP contribution in [0.25, 0.3) is 6.08 Å². The lowest BCUT2D eigenvalue weighted by molar-refractivity contribution is -0.115. The van der Waals surface area contributed by atoms with Crippen molar-refractivity contribution in [1.29, 1.82) is 0 Å². The van der Waals surface area contributed by atoms with Crippen LogP contribution in [0.1, 0.15) is 18.1 Å². The van der Waals surface area contributed by atoms with Crippen LogP contribution in [0.3, 0.4) is 0 Å². The maximum atomic E-state index is 12.5. The van der Waals surface area contributed by atoms with Gasteiger partial charge in [-0.15, -0.1) is 0 Å². The maximum Gasteiger partial charge on any atom is 0.264 e. The molecule has 1 amide bonds. The van der Waals surface area contributed by atoms with Gasteiger partial charge < -0.3 is 14.8 Å². The summed E-state index contributed by atoms with van der Waals surface area (Å²) in [5.74, 6) is 0.579. The molecule has 5 nitrogen and oxygen atoms in total. The van der Waals surface area contributed by atoms with Crippen molar-refractivity contribution >= 4 is 81.0 Å². The van der Waals surface area contributed by atoms with Gasteiger partial charge in [-0.3, -0.25) is 4.79 Å². The summed E-state index contributed by atoms with van der Waals surface area (Å²) in [5, 5.41) is 4.98. The van der Waals surface area contributed by atoms with Crippen LogP contribution in [-0.2, 0) is 11.4 Å². The van der Waals surface area contributed by atoms with Crippen LogP contribution in [0.4, 0.5) is 5.69 Å². The second-order valence-electron chi connectivity index (χ2n) is 7.22. The fraction of sp³-hybridized carbons (Fsp3) is 0.120. The lowest BCUT2D eigenvalue weighted by Gasteiger charge is -2.15. The molecule has 4 rings (SSSR count). The van der Waals surface area contributed by atoms with E-state index in [-0.39, 0.29) is 12.5 Å². The molecular weight excluding hydrogens is 550 g/mol. The highest BCUT2D eigenvalue weighted by Crippen LogP contribution is 2.39. The molecule has 1 aliphatic rings. The van der Waals surface area contributed by atoms with E-state index in [4.69, 9.17) is 55.9 Å². The summed E-state index contributed by atoms with van der Waals surface area (Å²) in [6.45, 7) is 2.50. The number of benzene rings is 3. The fourth-order valence-corrected chi connectivity index (χ4v) is 4.90. The van der Waals surface area contributed by atoms with Crippen molar-refractivity contribution in [2.45, 2.75) is 13.5 Å². The predicted molar refractivity (Wildman–Crippen MR) is 146 cm³/mol. The first-order chi connectivity index (χ1) is 16.8. The van der Waals surface area contributed by atoms with E-state index in [0.717, 1.165) is 5.56 Å². The molecule has 180 valence electrons. The van der Waals surface area contributed by atoms with Gasteiger partial charge in [-0.1, -0.05) is 64.6 Å². The Bertz CT molecular complexity index is 1340. The number of ether oxygens (including phenoxy) is 2. The minimum atomic E-state index is -0.285. The van der Waals surface area contributed by atoms with E-state index >= 15 is 0 Å². The monoisotopic (exact) mass is 566 g/mol. The summed E-state index contributed by atoms with van der Waals surface area (Å²) in [6.07, 6.45) is 1.71. The Morgan fingerprint density at radius 2 is 1.77 bits per heavy atom. The van der Waals surface area contributed by atoms with E-state index in [1.54, 1.807) is 42.5 Å². The minimum absolute atomic E-state index is 0.227. The molecule has 1 fully saturated rings. The van der Waals surface area contributed by atoms with E-state index in [1.807, 2.05) is 25.1 Å². The maximum absolute atomic E-state index is 12.5. The van der Waals surface area contributed by atoms with Crippen molar-refractivity contribution < 1.29 is 14.3 Å². The average molecular weight is 568 g/mol. The quantitative estimate of drug-likeness (QED) is 0.292. The Morgan fingerprint density at radius 3 is 2.51 bits per heavy atom. The number of halogens is 4. The lowest BCUT2D eigenvalue weighted by atomic mass is 10.1. The Morgan fingerprint density at radius 1 is 0.971 bits per heavy atom. The first-order valence-electron chi connectivity index (χ1n) is 10.4. The Labute approximate surface area is 227 Å². The summed E-state index contributed by atoms with van der Waals surface area (Å²) in [7, 11) is 0. The molecule has 1 heterocycles. The molecule has 0 aliphatic carbocycles. The van der Waals surface area contributed by atoms with Crippen LogP contribution in [0.2, 0.25) is 20.1 Å². The topological polar surface area (TPSA) is 59.9 Å². The SMILES string of the molecule is CCOc1cc(/C=C2\SC(=Nc3ccc(Cl)cc3Cl)NC2=O)cc(Cl)c1OCc1ccccc1Cl. The van der Waals surface area contributed by atoms with E-state index in [0.29, 0.717) is 59.5 Å². The second-order valence-corrected chi connectivity index (χ2v) is 9.91. The van der Waals surface area contributed by atoms with Crippen LogP contribution in [0.15, 0.2) is 64.5 Å². The van der Waals surface area contributed by atoms with Crippen molar-refractivity contribution in [3.05, 3.63) is 90.7 Å². The molecule has 3 aromatic carbocycles. The third kappa shape index (κ3) is 6.46. The van der Waals surface area contributed by atoms with Crippen LogP contribution in [0.5, 0.6) is 11.5 Å². The molecule has 0 aromatic heterocycles. The molecule has 35 heavy (non-hydrogen) atoms. The van der Waals surface area contributed by atoms with Gasteiger partial charge in [0.25, 0.3) is 5.91 Å². The number of amidine groups is 1. The predicted octanol–water partition coefficient (Wildman–Crippen LogP) is 8.17. The van der Waals surface area contributed by atoms with Gasteiger partial charge in [-0.05, 0) is 66.7 Å². The van der Waals surface area contributed by atoms with E-state index < -0.39 is 0 Å². The summed E-state index contributed by atoms with van der Waals surface area (Å²) < 4.78 is 11.7. The third-order valence-corrected chi connectivity index (χ3v) is 6.84. The molecule has 1 aliphatic heterocycles. The zero-order valence-corrected chi connectivity index (χ0v) is 22.1. The Balaban J connectivity index is 1.57.